The van der Waals surface area contributed by atoms with E-state index in [4.69, 9.17) is 4.74 Å². The molecule has 0 amide bonds. The Morgan fingerprint density at radius 1 is 1.12 bits per heavy atom. The molecule has 0 N–H and O–H groups in total. The second-order valence-corrected chi connectivity index (χ2v) is 6.12. The Morgan fingerprint density at radius 3 is 2.46 bits per heavy atom. The van der Waals surface area contributed by atoms with E-state index >= 15 is 0 Å². The van der Waals surface area contributed by atoms with Gasteiger partial charge in [0.2, 0.25) is 0 Å². The number of carbonyl (C=O) groups excluding carboxylic acids is 1. The lowest BCUT2D eigenvalue weighted by atomic mass is 10.1. The molecule has 1 heterocycles. The van der Waals surface area contributed by atoms with Crippen LogP contribution in [0.25, 0.3) is 17.3 Å². The Hall–Kier alpha value is -3.14. The minimum Gasteiger partial charge on any atom is -0.461 e. The summed E-state index contributed by atoms with van der Waals surface area (Å²) in [6.45, 7) is 6.17. The molecule has 4 heteroatoms. The fraction of sp³-hybridized carbons (Fsp3) is 0.182. The molecule has 0 radical (unpaired) electrons. The maximum atomic E-state index is 12.2. The number of allylic oxidation sites excluding steroid dienone is 1. The van der Waals surface area contributed by atoms with E-state index in [9.17, 15) is 4.79 Å². The van der Waals surface area contributed by atoms with Crippen LogP contribution in [0.15, 0.2) is 60.7 Å². The van der Waals surface area contributed by atoms with Gasteiger partial charge in [0, 0.05) is 0 Å². The number of hydrogen-bond donors (Lipinski definition) is 0. The summed E-state index contributed by atoms with van der Waals surface area (Å²) in [4.78, 5) is 12.2. The summed E-state index contributed by atoms with van der Waals surface area (Å²) in [7, 11) is 0. The number of hydrogen-bond acceptors (Lipinski definition) is 3. The van der Waals surface area contributed by atoms with Crippen LogP contribution in [0.1, 0.15) is 41.2 Å². The molecule has 0 aliphatic rings. The number of aryl methyl sites for hydroxylation is 1. The van der Waals surface area contributed by atoms with E-state index in [1.165, 1.54) is 5.56 Å². The fourth-order valence-corrected chi connectivity index (χ4v) is 2.72. The molecule has 0 unspecified atom stereocenters. The lowest BCUT2D eigenvalue weighted by Crippen LogP contribution is -2.07. The van der Waals surface area contributed by atoms with E-state index in [1.54, 1.807) is 17.7 Å². The van der Waals surface area contributed by atoms with E-state index in [0.717, 1.165) is 22.5 Å². The molecule has 0 bridgehead atoms. The van der Waals surface area contributed by atoms with Crippen LogP contribution in [0, 0.1) is 6.92 Å². The minimum atomic E-state index is -0.410. The van der Waals surface area contributed by atoms with Crippen LogP contribution < -0.4 is 0 Å². The van der Waals surface area contributed by atoms with Gasteiger partial charge in [-0.15, -0.1) is 0 Å². The quantitative estimate of drug-likeness (QED) is 0.616. The number of carbonyl (C=O) groups is 1. The minimum absolute atomic E-state index is 0.309. The van der Waals surface area contributed by atoms with Crippen LogP contribution in [0.3, 0.4) is 0 Å². The van der Waals surface area contributed by atoms with E-state index in [1.807, 2.05) is 68.4 Å². The van der Waals surface area contributed by atoms with Gasteiger partial charge in [-0.1, -0.05) is 48.0 Å². The van der Waals surface area contributed by atoms with Crippen LogP contribution >= 0.6 is 0 Å². The molecule has 4 nitrogen and oxygen atoms in total. The second-order valence-electron chi connectivity index (χ2n) is 6.12. The molecule has 0 saturated heterocycles. The van der Waals surface area contributed by atoms with Gasteiger partial charge in [0.05, 0.1) is 18.0 Å². The van der Waals surface area contributed by atoms with Crippen LogP contribution in [0.2, 0.25) is 0 Å². The van der Waals surface area contributed by atoms with Gasteiger partial charge in [-0.2, -0.15) is 5.10 Å². The standard InChI is InChI=1S/C22H22N2O2/c1-4-26-22(25)20-15-21(17(3)14-18-8-6-5-7-9-18)24(23-20)19-12-10-16(2)11-13-19/h5-15H,4H2,1-3H3/b17-14+. The maximum absolute atomic E-state index is 12.2. The van der Waals surface area contributed by atoms with Gasteiger partial charge >= 0.3 is 5.97 Å². The van der Waals surface area contributed by atoms with E-state index in [0.29, 0.717) is 12.3 Å². The largest absolute Gasteiger partial charge is 0.461 e. The van der Waals surface area contributed by atoms with Crippen molar-refractivity contribution < 1.29 is 9.53 Å². The smallest absolute Gasteiger partial charge is 0.358 e. The highest BCUT2D eigenvalue weighted by molar-refractivity contribution is 5.89. The van der Waals surface area contributed by atoms with Crippen molar-refractivity contribution in [3.63, 3.8) is 0 Å². The molecular weight excluding hydrogens is 324 g/mol. The molecule has 0 aliphatic carbocycles. The number of nitrogens with zero attached hydrogens (tertiary/aromatic N) is 2. The van der Waals surface area contributed by atoms with Gasteiger partial charge in [-0.05, 0) is 56.2 Å². The fourth-order valence-electron chi connectivity index (χ4n) is 2.72. The predicted molar refractivity (Wildman–Crippen MR) is 104 cm³/mol. The summed E-state index contributed by atoms with van der Waals surface area (Å²) in [5.74, 6) is -0.410. The zero-order valence-corrected chi connectivity index (χ0v) is 15.3. The third kappa shape index (κ3) is 3.91. The van der Waals surface area contributed by atoms with Crippen molar-refractivity contribution in [2.45, 2.75) is 20.8 Å². The van der Waals surface area contributed by atoms with Crippen molar-refractivity contribution in [1.82, 2.24) is 9.78 Å². The highest BCUT2D eigenvalue weighted by Gasteiger charge is 2.17. The van der Waals surface area contributed by atoms with E-state index in [-0.39, 0.29) is 0 Å². The Kier molecular flexibility index (Phi) is 5.32. The average Bonchev–Trinajstić information content (AvgIpc) is 3.09. The second kappa shape index (κ2) is 7.83. The number of ether oxygens (including phenoxy) is 1. The van der Waals surface area contributed by atoms with Crippen molar-refractivity contribution in [1.29, 1.82) is 0 Å². The first-order valence-corrected chi connectivity index (χ1v) is 8.66. The molecular formula is C22H22N2O2. The van der Waals surface area contributed by atoms with Gasteiger partial charge in [0.25, 0.3) is 0 Å². The average molecular weight is 346 g/mol. The lowest BCUT2D eigenvalue weighted by molar-refractivity contribution is 0.0519. The SMILES string of the molecule is CCOC(=O)c1cc(/C(C)=C/c2ccccc2)n(-c2ccc(C)cc2)n1. The predicted octanol–water partition coefficient (Wildman–Crippen LogP) is 4.92. The van der Waals surface area contributed by atoms with Crippen molar-refractivity contribution >= 4 is 17.6 Å². The van der Waals surface area contributed by atoms with Gasteiger partial charge in [-0.3, -0.25) is 0 Å². The molecule has 0 fully saturated rings. The molecule has 132 valence electrons. The van der Waals surface area contributed by atoms with Crippen LogP contribution in [-0.2, 0) is 4.74 Å². The van der Waals surface area contributed by atoms with Crippen molar-refractivity contribution in [2.24, 2.45) is 0 Å². The number of benzene rings is 2. The highest BCUT2D eigenvalue weighted by Crippen LogP contribution is 2.23. The normalized spacial score (nSPS) is 11.4. The van der Waals surface area contributed by atoms with E-state index in [2.05, 4.69) is 11.2 Å². The zero-order valence-electron chi connectivity index (χ0n) is 15.3. The van der Waals surface area contributed by atoms with Gasteiger partial charge in [0.1, 0.15) is 0 Å². The van der Waals surface area contributed by atoms with Crippen molar-refractivity contribution in [2.75, 3.05) is 6.61 Å². The first-order chi connectivity index (χ1) is 12.6. The molecule has 26 heavy (non-hydrogen) atoms. The Bertz CT molecular complexity index is 923. The first kappa shape index (κ1) is 17.7. The number of aromatic nitrogens is 2. The number of esters is 1. The van der Waals surface area contributed by atoms with Crippen LogP contribution in [0.4, 0.5) is 0 Å². The molecule has 2 aromatic carbocycles. The Labute approximate surface area is 153 Å². The Balaban J connectivity index is 2.08. The third-order valence-corrected chi connectivity index (χ3v) is 4.06. The van der Waals surface area contributed by atoms with E-state index < -0.39 is 5.97 Å². The zero-order chi connectivity index (χ0) is 18.5. The first-order valence-electron chi connectivity index (χ1n) is 8.66. The van der Waals surface area contributed by atoms with Gasteiger partial charge in [0.15, 0.2) is 5.69 Å². The third-order valence-electron chi connectivity index (χ3n) is 4.06. The van der Waals surface area contributed by atoms with Crippen LogP contribution in [-0.4, -0.2) is 22.4 Å². The summed E-state index contributed by atoms with van der Waals surface area (Å²) in [6.07, 6.45) is 2.08. The molecule has 3 aromatic rings. The highest BCUT2D eigenvalue weighted by atomic mass is 16.5. The monoisotopic (exact) mass is 346 g/mol. The topological polar surface area (TPSA) is 44.1 Å². The summed E-state index contributed by atoms with van der Waals surface area (Å²) in [5, 5.41) is 4.49. The lowest BCUT2D eigenvalue weighted by Gasteiger charge is -2.08. The summed E-state index contributed by atoms with van der Waals surface area (Å²) in [5.41, 5.74) is 5.36. The maximum Gasteiger partial charge on any atom is 0.358 e. The van der Waals surface area contributed by atoms with Crippen LogP contribution in [0.5, 0.6) is 0 Å². The molecule has 0 aliphatic heterocycles. The van der Waals surface area contributed by atoms with Gasteiger partial charge < -0.3 is 4.74 Å². The van der Waals surface area contributed by atoms with Crippen molar-refractivity contribution in [3.05, 3.63) is 83.2 Å². The molecule has 0 atom stereocenters. The molecule has 0 saturated carbocycles. The number of rotatable bonds is 5. The van der Waals surface area contributed by atoms with Crippen molar-refractivity contribution in [3.8, 4) is 5.69 Å². The summed E-state index contributed by atoms with van der Waals surface area (Å²) in [6, 6.07) is 19.9. The summed E-state index contributed by atoms with van der Waals surface area (Å²) < 4.78 is 6.91. The molecule has 0 spiro atoms. The molecule has 1 aromatic heterocycles. The summed E-state index contributed by atoms with van der Waals surface area (Å²) >= 11 is 0. The van der Waals surface area contributed by atoms with Gasteiger partial charge in [-0.25, -0.2) is 9.48 Å². The molecule has 3 rings (SSSR count). The Morgan fingerprint density at radius 2 is 1.81 bits per heavy atom.